The lowest BCUT2D eigenvalue weighted by molar-refractivity contribution is 0.102. The van der Waals surface area contributed by atoms with Gasteiger partial charge in [-0.3, -0.25) is 4.79 Å². The Morgan fingerprint density at radius 3 is 2.70 bits per heavy atom. The Kier molecular flexibility index (Phi) is 7.44. The molecule has 30 heavy (non-hydrogen) atoms. The Morgan fingerprint density at radius 2 is 1.97 bits per heavy atom. The predicted molar refractivity (Wildman–Crippen MR) is 116 cm³/mol. The van der Waals surface area contributed by atoms with Crippen LogP contribution in [0.25, 0.3) is 0 Å². The summed E-state index contributed by atoms with van der Waals surface area (Å²) in [6.45, 7) is 4.34. The van der Waals surface area contributed by atoms with E-state index in [0.29, 0.717) is 29.7 Å². The maximum absolute atomic E-state index is 12.9. The zero-order valence-corrected chi connectivity index (χ0v) is 18.3. The van der Waals surface area contributed by atoms with Gasteiger partial charge in [0.25, 0.3) is 5.91 Å². The SMILES string of the molecule is CCNS(=O)(=O)c1ccc(C)c(C(=O)Nc2ncccc2OCC2CCCCC2)c1. The first-order valence-corrected chi connectivity index (χ1v) is 11.9. The fourth-order valence-electron chi connectivity index (χ4n) is 3.62. The van der Waals surface area contributed by atoms with E-state index >= 15 is 0 Å². The van der Waals surface area contributed by atoms with E-state index < -0.39 is 15.9 Å². The van der Waals surface area contributed by atoms with Crippen LogP contribution in [0.1, 0.15) is 54.9 Å². The molecule has 1 aliphatic rings. The number of nitrogens with zero attached hydrogens (tertiary/aromatic N) is 1. The van der Waals surface area contributed by atoms with Crippen molar-refractivity contribution in [3.63, 3.8) is 0 Å². The average molecular weight is 432 g/mol. The predicted octanol–water partition coefficient (Wildman–Crippen LogP) is 3.90. The summed E-state index contributed by atoms with van der Waals surface area (Å²) in [5.74, 6) is 0.947. The van der Waals surface area contributed by atoms with Crippen LogP contribution >= 0.6 is 0 Å². The van der Waals surface area contributed by atoms with Crippen LogP contribution in [0.4, 0.5) is 5.82 Å². The molecule has 0 unspecified atom stereocenters. The molecule has 7 nitrogen and oxygen atoms in total. The zero-order valence-electron chi connectivity index (χ0n) is 17.5. The number of ether oxygens (including phenoxy) is 1. The van der Waals surface area contributed by atoms with Crippen LogP contribution in [-0.4, -0.2) is 32.5 Å². The number of hydrogen-bond donors (Lipinski definition) is 2. The number of pyridine rings is 1. The lowest BCUT2D eigenvalue weighted by Crippen LogP contribution is -2.24. The lowest BCUT2D eigenvalue weighted by Gasteiger charge is -2.22. The number of nitrogens with one attached hydrogen (secondary N) is 2. The van der Waals surface area contributed by atoms with Crippen molar-refractivity contribution in [3.05, 3.63) is 47.7 Å². The molecule has 0 bridgehead atoms. The van der Waals surface area contributed by atoms with Crippen molar-refractivity contribution in [1.82, 2.24) is 9.71 Å². The Balaban J connectivity index is 1.76. The van der Waals surface area contributed by atoms with Crippen LogP contribution in [0.15, 0.2) is 41.4 Å². The molecular formula is C22H29N3O4S. The highest BCUT2D eigenvalue weighted by molar-refractivity contribution is 7.89. The number of rotatable bonds is 8. The highest BCUT2D eigenvalue weighted by Gasteiger charge is 2.19. The third-order valence-electron chi connectivity index (χ3n) is 5.30. The van der Waals surface area contributed by atoms with Crippen LogP contribution in [0, 0.1) is 12.8 Å². The van der Waals surface area contributed by atoms with Crippen molar-refractivity contribution in [2.75, 3.05) is 18.5 Å². The van der Waals surface area contributed by atoms with Gasteiger partial charge < -0.3 is 10.1 Å². The quantitative estimate of drug-likeness (QED) is 0.661. The van der Waals surface area contributed by atoms with E-state index in [-0.39, 0.29) is 17.0 Å². The fourth-order valence-corrected chi connectivity index (χ4v) is 4.69. The molecular weight excluding hydrogens is 402 g/mol. The van der Waals surface area contributed by atoms with Crippen LogP contribution in [0.2, 0.25) is 0 Å². The smallest absolute Gasteiger partial charge is 0.257 e. The van der Waals surface area contributed by atoms with Gasteiger partial charge in [0.05, 0.1) is 11.5 Å². The molecule has 3 rings (SSSR count). The maximum Gasteiger partial charge on any atom is 0.257 e. The highest BCUT2D eigenvalue weighted by atomic mass is 32.2. The maximum atomic E-state index is 12.9. The highest BCUT2D eigenvalue weighted by Crippen LogP contribution is 2.27. The lowest BCUT2D eigenvalue weighted by atomic mass is 9.90. The van der Waals surface area contributed by atoms with Gasteiger partial charge in [-0.1, -0.05) is 32.3 Å². The van der Waals surface area contributed by atoms with E-state index in [1.807, 2.05) is 0 Å². The van der Waals surface area contributed by atoms with Gasteiger partial charge >= 0.3 is 0 Å². The summed E-state index contributed by atoms with van der Waals surface area (Å²) in [5, 5.41) is 2.78. The Labute approximate surface area is 178 Å². The van der Waals surface area contributed by atoms with Crippen molar-refractivity contribution < 1.29 is 17.9 Å². The summed E-state index contributed by atoms with van der Waals surface area (Å²) < 4.78 is 33.0. The van der Waals surface area contributed by atoms with Gasteiger partial charge in [0.2, 0.25) is 10.0 Å². The van der Waals surface area contributed by atoms with Gasteiger partial charge in [-0.05, 0) is 55.5 Å². The standard InChI is InChI=1S/C22H29N3O4S/c1-3-24-30(27,28)18-12-11-16(2)19(14-18)22(26)25-21-20(10-7-13-23-21)29-15-17-8-5-4-6-9-17/h7,10-14,17,24H,3-6,8-9,15H2,1-2H3,(H,23,25,26). The second kappa shape index (κ2) is 10.0. The minimum absolute atomic E-state index is 0.0508. The van der Waals surface area contributed by atoms with Gasteiger partial charge in [0, 0.05) is 18.3 Å². The summed E-state index contributed by atoms with van der Waals surface area (Å²) in [7, 11) is -3.66. The number of sulfonamides is 1. The van der Waals surface area contributed by atoms with E-state index in [4.69, 9.17) is 4.74 Å². The summed E-state index contributed by atoms with van der Waals surface area (Å²) >= 11 is 0. The van der Waals surface area contributed by atoms with E-state index in [2.05, 4.69) is 15.0 Å². The molecule has 8 heteroatoms. The largest absolute Gasteiger partial charge is 0.489 e. The molecule has 0 aliphatic heterocycles. The summed E-state index contributed by atoms with van der Waals surface area (Å²) in [6.07, 6.45) is 7.66. The molecule has 1 heterocycles. The summed E-state index contributed by atoms with van der Waals surface area (Å²) in [5.41, 5.74) is 0.946. The third-order valence-corrected chi connectivity index (χ3v) is 6.84. The molecule has 1 aromatic heterocycles. The first-order valence-electron chi connectivity index (χ1n) is 10.4. The van der Waals surface area contributed by atoms with E-state index in [9.17, 15) is 13.2 Å². The Morgan fingerprint density at radius 1 is 1.20 bits per heavy atom. The van der Waals surface area contributed by atoms with Gasteiger partial charge in [0.15, 0.2) is 11.6 Å². The monoisotopic (exact) mass is 431 g/mol. The van der Waals surface area contributed by atoms with Gasteiger partial charge in [-0.2, -0.15) is 0 Å². The van der Waals surface area contributed by atoms with E-state index in [1.54, 1.807) is 38.2 Å². The van der Waals surface area contributed by atoms with E-state index in [1.165, 1.54) is 31.4 Å². The second-order valence-electron chi connectivity index (χ2n) is 7.60. The number of carbonyl (C=O) groups excluding carboxylic acids is 1. The topological polar surface area (TPSA) is 97.4 Å². The molecule has 0 radical (unpaired) electrons. The number of carbonyl (C=O) groups is 1. The molecule has 1 fully saturated rings. The third kappa shape index (κ3) is 5.58. The van der Waals surface area contributed by atoms with E-state index in [0.717, 1.165) is 12.8 Å². The van der Waals surface area contributed by atoms with Crippen LogP contribution in [0.5, 0.6) is 5.75 Å². The molecule has 1 aliphatic carbocycles. The van der Waals surface area contributed by atoms with Gasteiger partial charge in [-0.25, -0.2) is 18.1 Å². The van der Waals surface area contributed by atoms with Gasteiger partial charge in [0.1, 0.15) is 0 Å². The molecule has 0 saturated heterocycles. The molecule has 2 N–H and O–H groups in total. The van der Waals surface area contributed by atoms with Crippen molar-refractivity contribution in [1.29, 1.82) is 0 Å². The number of aromatic nitrogens is 1. The Bertz CT molecular complexity index is 986. The zero-order chi connectivity index (χ0) is 21.6. The summed E-state index contributed by atoms with van der Waals surface area (Å²) in [6, 6.07) is 8.04. The van der Waals surface area contributed by atoms with Crippen LogP contribution in [0.3, 0.4) is 0 Å². The average Bonchev–Trinajstić information content (AvgIpc) is 2.74. The van der Waals surface area contributed by atoms with Crippen molar-refractivity contribution in [3.8, 4) is 5.75 Å². The molecule has 1 aromatic carbocycles. The van der Waals surface area contributed by atoms with Crippen LogP contribution in [-0.2, 0) is 10.0 Å². The first-order chi connectivity index (χ1) is 14.4. The summed E-state index contributed by atoms with van der Waals surface area (Å²) in [4.78, 5) is 17.2. The van der Waals surface area contributed by atoms with Crippen LogP contribution < -0.4 is 14.8 Å². The number of benzene rings is 1. The number of amides is 1. The van der Waals surface area contributed by atoms with Gasteiger partial charge in [-0.15, -0.1) is 0 Å². The number of hydrogen-bond acceptors (Lipinski definition) is 5. The molecule has 2 aromatic rings. The second-order valence-corrected chi connectivity index (χ2v) is 9.36. The normalized spacial score (nSPS) is 15.0. The van der Waals surface area contributed by atoms with Crippen molar-refractivity contribution in [2.45, 2.75) is 50.8 Å². The van der Waals surface area contributed by atoms with Crippen molar-refractivity contribution >= 4 is 21.7 Å². The minimum atomic E-state index is -3.66. The fraction of sp³-hybridized carbons (Fsp3) is 0.455. The molecule has 0 atom stereocenters. The minimum Gasteiger partial charge on any atom is -0.489 e. The molecule has 1 amide bonds. The Hall–Kier alpha value is -2.45. The van der Waals surface area contributed by atoms with Crippen molar-refractivity contribution in [2.24, 2.45) is 5.92 Å². The first kappa shape index (κ1) is 22.2. The number of anilines is 1. The number of aryl methyl sites for hydroxylation is 1. The molecule has 0 spiro atoms. The molecule has 162 valence electrons. The molecule has 1 saturated carbocycles.